The van der Waals surface area contributed by atoms with Gasteiger partial charge < -0.3 is 4.74 Å². The number of nitrogens with zero attached hydrogens (tertiary/aromatic N) is 1. The Bertz CT molecular complexity index is 361. The molecule has 0 fully saturated rings. The fraction of sp³-hybridized carbons (Fsp3) is 0.222. The van der Waals surface area contributed by atoms with Crippen LogP contribution in [0.5, 0.6) is 5.75 Å². The first kappa shape index (κ1) is 10.1. The molecule has 0 bridgehead atoms. The minimum atomic E-state index is 0.490. The molecule has 1 heterocycles. The molecule has 0 aromatic heterocycles. The van der Waals surface area contributed by atoms with Gasteiger partial charge in [0.05, 0.1) is 16.6 Å². The van der Waals surface area contributed by atoms with E-state index >= 15 is 0 Å². The summed E-state index contributed by atoms with van der Waals surface area (Å²) in [4.78, 5) is 4.15. The zero-order valence-corrected chi connectivity index (χ0v) is 9.49. The molecule has 2 rings (SSSR count). The number of ether oxygens (including phenoxy) is 1. The van der Waals surface area contributed by atoms with Crippen LogP contribution in [0.1, 0.15) is 0 Å². The van der Waals surface area contributed by atoms with E-state index in [1.165, 1.54) is 0 Å². The molecule has 0 aliphatic carbocycles. The van der Waals surface area contributed by atoms with Crippen LogP contribution in [0.15, 0.2) is 23.2 Å². The Morgan fingerprint density at radius 1 is 1.29 bits per heavy atom. The first-order valence-corrected chi connectivity index (χ1v) is 5.80. The van der Waals surface area contributed by atoms with E-state index in [0.717, 1.165) is 12.3 Å². The van der Waals surface area contributed by atoms with Crippen molar-refractivity contribution in [1.82, 2.24) is 0 Å². The largest absolute Gasteiger partial charge is 0.431 e. The molecule has 1 aliphatic rings. The van der Waals surface area contributed by atoms with Gasteiger partial charge in [-0.15, -0.1) is 0 Å². The number of rotatable bonds is 1. The number of thioether (sulfide) groups is 1. The second-order valence-corrected chi connectivity index (χ2v) is 4.51. The van der Waals surface area contributed by atoms with Crippen molar-refractivity contribution in [3.05, 3.63) is 28.2 Å². The van der Waals surface area contributed by atoms with Crippen LogP contribution < -0.4 is 4.74 Å². The average molecular weight is 248 g/mol. The Balaban J connectivity index is 2.23. The fourth-order valence-electron chi connectivity index (χ4n) is 1.04. The number of para-hydroxylation sites is 1. The first-order valence-electron chi connectivity index (χ1n) is 4.06. The first-order chi connectivity index (χ1) is 6.77. The van der Waals surface area contributed by atoms with Crippen LogP contribution in [-0.4, -0.2) is 17.5 Å². The molecule has 0 spiro atoms. The highest BCUT2D eigenvalue weighted by molar-refractivity contribution is 8.13. The topological polar surface area (TPSA) is 21.6 Å². The minimum absolute atomic E-state index is 0.490. The third-order valence-corrected chi connectivity index (χ3v) is 3.11. The number of hydrogen-bond donors (Lipinski definition) is 0. The van der Waals surface area contributed by atoms with E-state index in [-0.39, 0.29) is 0 Å². The Morgan fingerprint density at radius 2 is 2.00 bits per heavy atom. The van der Waals surface area contributed by atoms with Gasteiger partial charge in [-0.25, -0.2) is 4.99 Å². The van der Waals surface area contributed by atoms with Crippen molar-refractivity contribution in [1.29, 1.82) is 0 Å². The smallest absolute Gasteiger partial charge is 0.251 e. The van der Waals surface area contributed by atoms with E-state index in [0.29, 0.717) is 21.0 Å². The summed E-state index contributed by atoms with van der Waals surface area (Å²) in [7, 11) is 0. The zero-order valence-electron chi connectivity index (χ0n) is 7.17. The summed E-state index contributed by atoms with van der Waals surface area (Å²) >= 11 is 13.4. The molecule has 5 heteroatoms. The Morgan fingerprint density at radius 3 is 2.57 bits per heavy atom. The van der Waals surface area contributed by atoms with Crippen LogP contribution in [0.25, 0.3) is 0 Å². The molecule has 0 N–H and O–H groups in total. The molecule has 74 valence electrons. The minimum Gasteiger partial charge on any atom is -0.431 e. The van der Waals surface area contributed by atoms with Gasteiger partial charge in [-0.05, 0) is 12.1 Å². The van der Waals surface area contributed by atoms with E-state index < -0.39 is 0 Å². The van der Waals surface area contributed by atoms with E-state index in [1.54, 1.807) is 30.0 Å². The molecule has 14 heavy (non-hydrogen) atoms. The normalized spacial score (nSPS) is 15.4. The summed E-state index contributed by atoms with van der Waals surface area (Å²) in [6, 6.07) is 5.26. The summed E-state index contributed by atoms with van der Waals surface area (Å²) in [5, 5.41) is 1.65. The SMILES string of the molecule is Clc1cccc(Cl)c1OC1=NCCS1. The number of aliphatic imine (C=N–C) groups is 1. The maximum Gasteiger partial charge on any atom is 0.251 e. The zero-order chi connectivity index (χ0) is 9.97. The van der Waals surface area contributed by atoms with Crippen molar-refractivity contribution in [2.45, 2.75) is 0 Å². The third kappa shape index (κ3) is 2.16. The molecule has 0 unspecified atom stereocenters. The summed E-state index contributed by atoms with van der Waals surface area (Å²) in [5.74, 6) is 1.45. The van der Waals surface area contributed by atoms with E-state index in [1.807, 2.05) is 0 Å². The Kier molecular flexibility index (Phi) is 3.21. The average Bonchev–Trinajstić information content (AvgIpc) is 2.64. The van der Waals surface area contributed by atoms with Gasteiger partial charge in [-0.3, -0.25) is 0 Å². The highest BCUT2D eigenvalue weighted by Gasteiger charge is 2.13. The monoisotopic (exact) mass is 247 g/mol. The number of hydrogen-bond acceptors (Lipinski definition) is 3. The Hall–Kier alpha value is -0.380. The highest BCUT2D eigenvalue weighted by atomic mass is 35.5. The standard InChI is InChI=1S/C9H7Cl2NOS/c10-6-2-1-3-7(11)8(6)13-9-12-4-5-14-9/h1-3H,4-5H2. The molecule has 0 saturated carbocycles. The molecule has 0 amide bonds. The van der Waals surface area contributed by atoms with Crippen molar-refractivity contribution >= 4 is 40.2 Å². The van der Waals surface area contributed by atoms with Crippen molar-refractivity contribution < 1.29 is 4.74 Å². The lowest BCUT2D eigenvalue weighted by Gasteiger charge is -2.07. The molecule has 1 aliphatic heterocycles. The molecule has 1 aromatic carbocycles. The predicted octanol–water partition coefficient (Wildman–Crippen LogP) is 3.48. The summed E-state index contributed by atoms with van der Waals surface area (Å²) in [5.41, 5.74) is 0. The fourth-order valence-corrected chi connectivity index (χ4v) is 2.20. The second-order valence-electron chi connectivity index (χ2n) is 2.65. The Labute approximate surface area is 96.3 Å². The van der Waals surface area contributed by atoms with E-state index in [2.05, 4.69) is 4.99 Å². The summed E-state index contributed by atoms with van der Waals surface area (Å²) in [6.07, 6.45) is 0. The lowest BCUT2D eigenvalue weighted by Crippen LogP contribution is -2.01. The van der Waals surface area contributed by atoms with Gasteiger partial charge in [0.1, 0.15) is 0 Å². The van der Waals surface area contributed by atoms with Gasteiger partial charge in [0.25, 0.3) is 5.23 Å². The van der Waals surface area contributed by atoms with Gasteiger partial charge in [0.2, 0.25) is 0 Å². The maximum atomic E-state index is 5.93. The van der Waals surface area contributed by atoms with Gasteiger partial charge in [-0.1, -0.05) is 41.0 Å². The van der Waals surface area contributed by atoms with Crippen LogP contribution in [0.4, 0.5) is 0 Å². The number of benzene rings is 1. The maximum absolute atomic E-state index is 5.93. The third-order valence-electron chi connectivity index (χ3n) is 1.67. The van der Waals surface area contributed by atoms with Crippen LogP contribution in [0, 0.1) is 0 Å². The lowest BCUT2D eigenvalue weighted by molar-refractivity contribution is 0.566. The quantitative estimate of drug-likeness (QED) is 0.758. The second kappa shape index (κ2) is 4.43. The molecule has 0 atom stereocenters. The van der Waals surface area contributed by atoms with Gasteiger partial charge in [0.15, 0.2) is 5.75 Å². The van der Waals surface area contributed by atoms with Crippen molar-refractivity contribution in [3.8, 4) is 5.75 Å². The molecular weight excluding hydrogens is 241 g/mol. The van der Waals surface area contributed by atoms with Crippen molar-refractivity contribution in [2.75, 3.05) is 12.3 Å². The molecule has 2 nitrogen and oxygen atoms in total. The van der Waals surface area contributed by atoms with Crippen LogP contribution in [-0.2, 0) is 0 Å². The molecular formula is C9H7Cl2NOS. The van der Waals surface area contributed by atoms with E-state index in [4.69, 9.17) is 27.9 Å². The lowest BCUT2D eigenvalue weighted by atomic mass is 10.3. The van der Waals surface area contributed by atoms with Crippen molar-refractivity contribution in [3.63, 3.8) is 0 Å². The molecule has 1 aromatic rings. The summed E-state index contributed by atoms with van der Waals surface area (Å²) < 4.78 is 5.49. The van der Waals surface area contributed by atoms with Gasteiger partial charge in [0, 0.05) is 5.75 Å². The predicted molar refractivity (Wildman–Crippen MR) is 61.9 cm³/mol. The van der Waals surface area contributed by atoms with E-state index in [9.17, 15) is 0 Å². The summed E-state index contributed by atoms with van der Waals surface area (Å²) in [6.45, 7) is 0.794. The van der Waals surface area contributed by atoms with Crippen LogP contribution in [0.2, 0.25) is 10.0 Å². The number of halogens is 2. The molecule has 0 saturated heterocycles. The molecule has 0 radical (unpaired) electrons. The van der Waals surface area contributed by atoms with Crippen molar-refractivity contribution in [2.24, 2.45) is 4.99 Å². The highest BCUT2D eigenvalue weighted by Crippen LogP contribution is 2.33. The van der Waals surface area contributed by atoms with Gasteiger partial charge in [-0.2, -0.15) is 0 Å². The van der Waals surface area contributed by atoms with Crippen LogP contribution >= 0.6 is 35.0 Å². The van der Waals surface area contributed by atoms with Crippen LogP contribution in [0.3, 0.4) is 0 Å². The van der Waals surface area contributed by atoms with Gasteiger partial charge >= 0.3 is 0 Å².